The van der Waals surface area contributed by atoms with Gasteiger partial charge in [-0.15, -0.1) is 11.3 Å². The van der Waals surface area contributed by atoms with Gasteiger partial charge in [-0.2, -0.15) is 5.26 Å². The first kappa shape index (κ1) is 15.6. The number of nitriles is 1. The quantitative estimate of drug-likeness (QED) is 0.809. The average molecular weight is 309 g/mol. The molecule has 0 spiro atoms. The molecular weight excluding hydrogens is 290 g/mol. The van der Waals surface area contributed by atoms with E-state index in [9.17, 15) is 10.1 Å². The Balaban J connectivity index is 2.13. The molecule has 2 heterocycles. The highest BCUT2D eigenvalue weighted by Gasteiger charge is 2.28. The van der Waals surface area contributed by atoms with Gasteiger partial charge in [-0.05, 0) is 12.8 Å². The highest BCUT2D eigenvalue weighted by atomic mass is 32.1. The van der Waals surface area contributed by atoms with Gasteiger partial charge >= 0.3 is 5.97 Å². The van der Waals surface area contributed by atoms with Crippen LogP contribution in [0.5, 0.6) is 0 Å². The lowest BCUT2D eigenvalue weighted by molar-refractivity contribution is 0.0607. The molecule has 2 atom stereocenters. The minimum absolute atomic E-state index is 0.187. The van der Waals surface area contributed by atoms with E-state index in [1.165, 1.54) is 7.11 Å². The van der Waals surface area contributed by atoms with Crippen molar-refractivity contribution in [2.24, 2.45) is 5.92 Å². The van der Waals surface area contributed by atoms with E-state index in [-0.39, 0.29) is 16.7 Å². The van der Waals surface area contributed by atoms with Crippen molar-refractivity contribution in [3.05, 3.63) is 10.4 Å². The first-order valence-electron chi connectivity index (χ1n) is 6.88. The van der Waals surface area contributed by atoms with Gasteiger partial charge in [0.2, 0.25) is 0 Å². The summed E-state index contributed by atoms with van der Waals surface area (Å²) in [6.45, 7) is 3.58. The fourth-order valence-corrected chi connectivity index (χ4v) is 3.52. The van der Waals surface area contributed by atoms with E-state index >= 15 is 0 Å². The van der Waals surface area contributed by atoms with E-state index in [4.69, 9.17) is 10.5 Å². The van der Waals surface area contributed by atoms with Crippen LogP contribution in [0.15, 0.2) is 0 Å². The van der Waals surface area contributed by atoms with Gasteiger partial charge in [0, 0.05) is 19.1 Å². The summed E-state index contributed by atoms with van der Waals surface area (Å²) in [7, 11) is 1.29. The molecule has 1 aliphatic rings. The lowest BCUT2D eigenvalue weighted by atomic mass is 10.00. The first-order valence-corrected chi connectivity index (χ1v) is 7.70. The molecule has 0 radical (unpaired) electrons. The molecule has 0 amide bonds. The zero-order chi connectivity index (χ0) is 15.4. The lowest BCUT2D eigenvalue weighted by Crippen LogP contribution is -2.22. The molecule has 2 unspecified atom stereocenters. The smallest absolute Gasteiger partial charge is 0.350 e. The number of esters is 1. The lowest BCUT2D eigenvalue weighted by Gasteiger charge is -2.17. The van der Waals surface area contributed by atoms with Gasteiger partial charge in [0.25, 0.3) is 0 Å². The SMILES string of the molecule is CCC1OCCC1CNc1sc(C(=O)OC)c(N)c1C#N. The number of nitrogens with two attached hydrogens (primary N) is 1. The van der Waals surface area contributed by atoms with Gasteiger partial charge < -0.3 is 20.5 Å². The largest absolute Gasteiger partial charge is 0.465 e. The average Bonchev–Trinajstić information content (AvgIpc) is 3.07. The number of ether oxygens (including phenoxy) is 2. The second kappa shape index (κ2) is 6.78. The van der Waals surface area contributed by atoms with Crippen LogP contribution in [0.25, 0.3) is 0 Å². The van der Waals surface area contributed by atoms with E-state index in [1.54, 1.807) is 0 Å². The van der Waals surface area contributed by atoms with Gasteiger partial charge in [0.05, 0.1) is 18.9 Å². The predicted molar refractivity (Wildman–Crippen MR) is 81.4 cm³/mol. The Morgan fingerprint density at radius 1 is 1.67 bits per heavy atom. The Morgan fingerprint density at radius 2 is 2.43 bits per heavy atom. The molecule has 21 heavy (non-hydrogen) atoms. The summed E-state index contributed by atoms with van der Waals surface area (Å²) >= 11 is 1.16. The van der Waals surface area contributed by atoms with E-state index in [0.717, 1.165) is 30.8 Å². The number of nitrogens with zero attached hydrogens (tertiary/aromatic N) is 1. The number of hydrogen-bond acceptors (Lipinski definition) is 7. The number of anilines is 2. The number of rotatable bonds is 5. The van der Waals surface area contributed by atoms with Crippen molar-refractivity contribution in [3.8, 4) is 6.07 Å². The van der Waals surface area contributed by atoms with Crippen LogP contribution in [-0.2, 0) is 9.47 Å². The molecule has 0 saturated carbocycles. The number of hydrogen-bond donors (Lipinski definition) is 2. The van der Waals surface area contributed by atoms with Crippen LogP contribution in [0.1, 0.15) is 35.0 Å². The molecule has 1 aromatic rings. The zero-order valence-corrected chi connectivity index (χ0v) is 13.0. The molecule has 1 aliphatic heterocycles. The molecule has 1 fully saturated rings. The van der Waals surface area contributed by atoms with Gasteiger partial charge in [-0.1, -0.05) is 6.92 Å². The molecule has 2 rings (SSSR count). The van der Waals surface area contributed by atoms with Crippen LogP contribution in [0, 0.1) is 17.2 Å². The fraction of sp³-hybridized carbons (Fsp3) is 0.571. The summed E-state index contributed by atoms with van der Waals surface area (Å²) < 4.78 is 10.3. The van der Waals surface area contributed by atoms with Crippen molar-refractivity contribution < 1.29 is 14.3 Å². The third-order valence-electron chi connectivity index (χ3n) is 3.70. The van der Waals surface area contributed by atoms with Crippen molar-refractivity contribution in [2.45, 2.75) is 25.9 Å². The molecule has 1 aromatic heterocycles. The summed E-state index contributed by atoms with van der Waals surface area (Å²) in [4.78, 5) is 11.9. The van der Waals surface area contributed by atoms with Crippen molar-refractivity contribution in [1.29, 1.82) is 5.26 Å². The standard InChI is InChI=1S/C14H19N3O3S/c1-3-10-8(4-5-20-10)7-17-13-9(6-15)11(16)12(21-13)14(18)19-2/h8,10,17H,3-5,7,16H2,1-2H3. The van der Waals surface area contributed by atoms with Crippen LogP contribution in [0.2, 0.25) is 0 Å². The molecule has 0 aliphatic carbocycles. The number of thiophene rings is 1. The Bertz CT molecular complexity index is 565. The second-order valence-electron chi connectivity index (χ2n) is 4.90. The van der Waals surface area contributed by atoms with E-state index < -0.39 is 5.97 Å². The maximum absolute atomic E-state index is 11.6. The zero-order valence-electron chi connectivity index (χ0n) is 12.1. The van der Waals surface area contributed by atoms with Crippen LogP contribution in [-0.4, -0.2) is 32.3 Å². The summed E-state index contributed by atoms with van der Waals surface area (Å²) in [6.07, 6.45) is 2.22. The van der Waals surface area contributed by atoms with Crippen LogP contribution < -0.4 is 11.1 Å². The summed E-state index contributed by atoms with van der Waals surface area (Å²) in [6, 6.07) is 2.05. The Morgan fingerprint density at radius 3 is 3.05 bits per heavy atom. The molecule has 1 saturated heterocycles. The number of carbonyl (C=O) groups excluding carboxylic acids is 1. The van der Waals surface area contributed by atoms with E-state index in [2.05, 4.69) is 17.0 Å². The summed E-state index contributed by atoms with van der Waals surface area (Å²) in [5.41, 5.74) is 6.35. The number of nitrogen functional groups attached to an aromatic ring is 1. The minimum Gasteiger partial charge on any atom is -0.465 e. The maximum atomic E-state index is 11.6. The Hall–Kier alpha value is -1.78. The monoisotopic (exact) mass is 309 g/mol. The molecule has 0 bridgehead atoms. The van der Waals surface area contributed by atoms with Gasteiger partial charge in [-0.3, -0.25) is 0 Å². The summed E-state index contributed by atoms with van der Waals surface area (Å²) in [5.74, 6) is -0.107. The number of nitrogens with one attached hydrogen (secondary N) is 1. The van der Waals surface area contributed by atoms with Gasteiger partial charge in [0.1, 0.15) is 21.5 Å². The highest BCUT2D eigenvalue weighted by molar-refractivity contribution is 7.18. The van der Waals surface area contributed by atoms with Crippen molar-refractivity contribution >= 4 is 28.0 Å². The van der Waals surface area contributed by atoms with Gasteiger partial charge in [-0.25, -0.2) is 4.79 Å². The van der Waals surface area contributed by atoms with Crippen LogP contribution in [0.3, 0.4) is 0 Å². The molecule has 0 aromatic carbocycles. The fourth-order valence-electron chi connectivity index (χ4n) is 2.52. The Labute approximate surface area is 127 Å². The first-order chi connectivity index (χ1) is 10.1. The molecule has 7 heteroatoms. The third kappa shape index (κ3) is 3.12. The predicted octanol–water partition coefficient (Wildman–Crippen LogP) is 2.22. The molecule has 114 valence electrons. The molecule has 6 nitrogen and oxygen atoms in total. The Kier molecular flexibility index (Phi) is 5.04. The van der Waals surface area contributed by atoms with Crippen molar-refractivity contribution in [1.82, 2.24) is 0 Å². The number of carbonyl (C=O) groups is 1. The van der Waals surface area contributed by atoms with Crippen molar-refractivity contribution in [3.63, 3.8) is 0 Å². The summed E-state index contributed by atoms with van der Waals surface area (Å²) in [5, 5.41) is 13.1. The van der Waals surface area contributed by atoms with Crippen LogP contribution in [0.4, 0.5) is 10.7 Å². The normalized spacial score (nSPS) is 21.0. The highest BCUT2D eigenvalue weighted by Crippen LogP contribution is 2.36. The topological polar surface area (TPSA) is 97.4 Å². The van der Waals surface area contributed by atoms with Crippen molar-refractivity contribution in [2.75, 3.05) is 31.3 Å². The van der Waals surface area contributed by atoms with E-state index in [0.29, 0.717) is 23.0 Å². The van der Waals surface area contributed by atoms with Crippen LogP contribution >= 0.6 is 11.3 Å². The second-order valence-corrected chi connectivity index (χ2v) is 5.92. The van der Waals surface area contributed by atoms with E-state index in [1.807, 2.05) is 6.07 Å². The van der Waals surface area contributed by atoms with Gasteiger partial charge in [0.15, 0.2) is 0 Å². The number of methoxy groups -OCH3 is 1. The third-order valence-corrected chi connectivity index (χ3v) is 4.84. The maximum Gasteiger partial charge on any atom is 0.350 e. The molecular formula is C14H19N3O3S. The molecule has 3 N–H and O–H groups in total. The minimum atomic E-state index is -0.516.